The Morgan fingerprint density at radius 3 is 2.55 bits per heavy atom. The molecule has 3 aromatic rings. The molecule has 6 heteroatoms. The highest BCUT2D eigenvalue weighted by Crippen LogP contribution is 2.30. The summed E-state index contributed by atoms with van der Waals surface area (Å²) in [6.07, 6.45) is 1.84. The maximum Gasteiger partial charge on any atom is 0.192 e. The lowest BCUT2D eigenvalue weighted by atomic mass is 10.1. The molecular weight excluding hydrogens is 388 g/mol. The lowest BCUT2D eigenvalue weighted by Crippen LogP contribution is -2.38. The molecule has 0 bridgehead atoms. The average Bonchev–Trinajstić information content (AvgIpc) is 2.79. The van der Waals surface area contributed by atoms with Gasteiger partial charge in [0.25, 0.3) is 0 Å². The van der Waals surface area contributed by atoms with E-state index in [4.69, 9.17) is 14.5 Å². The quantitative estimate of drug-likeness (QED) is 0.383. The van der Waals surface area contributed by atoms with Crippen molar-refractivity contribution in [1.82, 2.24) is 15.6 Å². The van der Waals surface area contributed by atoms with E-state index >= 15 is 0 Å². The van der Waals surface area contributed by atoms with Gasteiger partial charge in [-0.05, 0) is 56.8 Å². The molecule has 0 aliphatic carbocycles. The molecule has 1 unspecified atom stereocenters. The number of ether oxygens (including phenoxy) is 2. The van der Waals surface area contributed by atoms with Crippen LogP contribution in [0.5, 0.6) is 11.5 Å². The molecule has 0 saturated heterocycles. The van der Waals surface area contributed by atoms with Crippen LogP contribution in [0.15, 0.2) is 59.7 Å². The van der Waals surface area contributed by atoms with Crippen LogP contribution in [0.1, 0.15) is 45.0 Å². The van der Waals surface area contributed by atoms with Crippen LogP contribution >= 0.6 is 0 Å². The molecule has 2 aromatic carbocycles. The van der Waals surface area contributed by atoms with Gasteiger partial charge in [-0.25, -0.2) is 4.99 Å². The Morgan fingerprint density at radius 1 is 1.00 bits per heavy atom. The van der Waals surface area contributed by atoms with E-state index < -0.39 is 0 Å². The van der Waals surface area contributed by atoms with Gasteiger partial charge in [-0.1, -0.05) is 30.3 Å². The lowest BCUT2D eigenvalue weighted by Gasteiger charge is -2.20. The van der Waals surface area contributed by atoms with Crippen LogP contribution in [0, 0.1) is 0 Å². The van der Waals surface area contributed by atoms with E-state index in [1.807, 2.05) is 50.4 Å². The fourth-order valence-corrected chi connectivity index (χ4v) is 3.41. The Hall–Kier alpha value is -3.28. The number of aliphatic imine (C=N–C) groups is 1. The van der Waals surface area contributed by atoms with E-state index in [-0.39, 0.29) is 6.04 Å². The van der Waals surface area contributed by atoms with E-state index in [9.17, 15) is 0 Å². The summed E-state index contributed by atoms with van der Waals surface area (Å²) in [5.74, 6) is 2.27. The highest BCUT2D eigenvalue weighted by molar-refractivity contribution is 5.85. The Labute approximate surface area is 184 Å². The van der Waals surface area contributed by atoms with Crippen molar-refractivity contribution in [2.75, 3.05) is 19.8 Å². The summed E-state index contributed by atoms with van der Waals surface area (Å²) in [5, 5.41) is 9.12. The summed E-state index contributed by atoms with van der Waals surface area (Å²) in [4.78, 5) is 9.32. The van der Waals surface area contributed by atoms with Gasteiger partial charge >= 0.3 is 0 Å². The molecule has 0 amide bonds. The number of benzene rings is 2. The molecule has 3 rings (SSSR count). The van der Waals surface area contributed by atoms with Gasteiger partial charge in [0.15, 0.2) is 17.5 Å². The van der Waals surface area contributed by atoms with E-state index in [2.05, 4.69) is 47.7 Å². The minimum atomic E-state index is 0.0353. The Balaban J connectivity index is 1.78. The topological polar surface area (TPSA) is 67.8 Å². The molecule has 31 heavy (non-hydrogen) atoms. The van der Waals surface area contributed by atoms with Gasteiger partial charge in [0.2, 0.25) is 0 Å². The number of rotatable bonds is 9. The Kier molecular flexibility index (Phi) is 8.10. The van der Waals surface area contributed by atoms with Crippen molar-refractivity contribution in [1.29, 1.82) is 0 Å². The largest absolute Gasteiger partial charge is 0.490 e. The highest BCUT2D eigenvalue weighted by atomic mass is 16.5. The lowest BCUT2D eigenvalue weighted by molar-refractivity contribution is 0.287. The molecule has 1 aromatic heterocycles. The van der Waals surface area contributed by atoms with E-state index in [0.717, 1.165) is 40.6 Å². The number of hydrogen-bond donors (Lipinski definition) is 2. The predicted molar refractivity (Wildman–Crippen MR) is 127 cm³/mol. The Bertz CT molecular complexity index is 1010. The molecular formula is C25H32N4O2. The molecule has 0 fully saturated rings. The van der Waals surface area contributed by atoms with Crippen LogP contribution in [0.4, 0.5) is 0 Å². The third kappa shape index (κ3) is 5.87. The number of pyridine rings is 1. The van der Waals surface area contributed by atoms with Crippen molar-refractivity contribution in [3.63, 3.8) is 0 Å². The molecule has 0 radical (unpaired) electrons. The number of guanidine groups is 1. The van der Waals surface area contributed by atoms with Gasteiger partial charge < -0.3 is 20.1 Å². The molecule has 0 aliphatic heterocycles. The molecule has 0 spiro atoms. The van der Waals surface area contributed by atoms with Crippen molar-refractivity contribution in [2.24, 2.45) is 4.99 Å². The second kappa shape index (κ2) is 11.2. The van der Waals surface area contributed by atoms with Crippen molar-refractivity contribution < 1.29 is 9.47 Å². The van der Waals surface area contributed by atoms with Crippen LogP contribution in [-0.4, -0.2) is 30.7 Å². The molecule has 2 N–H and O–H groups in total. The molecule has 6 nitrogen and oxygen atoms in total. The van der Waals surface area contributed by atoms with E-state index in [0.29, 0.717) is 19.8 Å². The standard InChI is InChI=1S/C25H32N4O2/c1-5-26-25(28-17-22-21-11-9-8-10-19(21)14-15-27-22)29-18(4)20-12-13-23(30-6-2)24(16-20)31-7-3/h8-16,18H,5-7,17H2,1-4H3,(H2,26,28,29). The first kappa shape index (κ1) is 22.4. The molecule has 1 heterocycles. The normalized spacial score (nSPS) is 12.5. The van der Waals surface area contributed by atoms with E-state index in [1.165, 1.54) is 5.39 Å². The summed E-state index contributed by atoms with van der Waals surface area (Å²) < 4.78 is 11.5. The van der Waals surface area contributed by atoms with Gasteiger partial charge in [0.1, 0.15) is 0 Å². The zero-order valence-corrected chi connectivity index (χ0v) is 18.8. The third-order valence-electron chi connectivity index (χ3n) is 4.91. The average molecular weight is 421 g/mol. The zero-order valence-electron chi connectivity index (χ0n) is 18.8. The predicted octanol–water partition coefficient (Wildman–Crippen LogP) is 4.85. The van der Waals surface area contributed by atoms with Gasteiger partial charge in [0.05, 0.1) is 31.5 Å². The second-order valence-electron chi connectivity index (χ2n) is 7.11. The second-order valence-corrected chi connectivity index (χ2v) is 7.11. The van der Waals surface area contributed by atoms with Gasteiger partial charge in [-0.15, -0.1) is 0 Å². The van der Waals surface area contributed by atoms with Crippen molar-refractivity contribution in [3.8, 4) is 11.5 Å². The molecule has 0 saturated carbocycles. The van der Waals surface area contributed by atoms with E-state index in [1.54, 1.807) is 0 Å². The third-order valence-corrected chi connectivity index (χ3v) is 4.91. The maximum absolute atomic E-state index is 5.77. The summed E-state index contributed by atoms with van der Waals surface area (Å²) in [6, 6.07) is 16.4. The summed E-state index contributed by atoms with van der Waals surface area (Å²) in [6.45, 7) is 10.6. The minimum Gasteiger partial charge on any atom is -0.490 e. The Morgan fingerprint density at radius 2 is 1.77 bits per heavy atom. The van der Waals surface area contributed by atoms with Crippen molar-refractivity contribution >= 4 is 16.7 Å². The SMILES string of the molecule is CCNC(=NCc1nccc2ccccc12)NC(C)c1ccc(OCC)c(OCC)c1. The van der Waals surface area contributed by atoms with Crippen molar-refractivity contribution in [3.05, 3.63) is 66.0 Å². The van der Waals surface area contributed by atoms with Crippen LogP contribution in [0.25, 0.3) is 10.8 Å². The maximum atomic E-state index is 5.77. The van der Waals surface area contributed by atoms with Crippen molar-refractivity contribution in [2.45, 2.75) is 40.3 Å². The number of aromatic nitrogens is 1. The first-order chi connectivity index (χ1) is 15.2. The van der Waals surface area contributed by atoms with Crippen LogP contribution in [0.3, 0.4) is 0 Å². The molecule has 0 aliphatic rings. The summed E-state index contributed by atoms with van der Waals surface area (Å²) in [7, 11) is 0. The minimum absolute atomic E-state index is 0.0353. The number of hydrogen-bond acceptors (Lipinski definition) is 4. The highest BCUT2D eigenvalue weighted by Gasteiger charge is 2.13. The molecule has 164 valence electrons. The number of fused-ring (bicyclic) bond motifs is 1. The van der Waals surface area contributed by atoms with Crippen LogP contribution in [-0.2, 0) is 6.54 Å². The number of nitrogens with one attached hydrogen (secondary N) is 2. The monoisotopic (exact) mass is 420 g/mol. The zero-order chi connectivity index (χ0) is 22.1. The first-order valence-corrected chi connectivity index (χ1v) is 10.9. The summed E-state index contributed by atoms with van der Waals surface area (Å²) in [5.41, 5.74) is 2.06. The van der Waals surface area contributed by atoms with Crippen LogP contribution in [0.2, 0.25) is 0 Å². The molecule has 1 atom stereocenters. The van der Waals surface area contributed by atoms with Gasteiger partial charge in [-0.3, -0.25) is 4.98 Å². The van der Waals surface area contributed by atoms with Crippen LogP contribution < -0.4 is 20.1 Å². The number of nitrogens with zero attached hydrogens (tertiary/aromatic N) is 2. The first-order valence-electron chi connectivity index (χ1n) is 10.9. The smallest absolute Gasteiger partial charge is 0.192 e. The summed E-state index contributed by atoms with van der Waals surface area (Å²) >= 11 is 0. The van der Waals surface area contributed by atoms with Gasteiger partial charge in [0, 0.05) is 18.1 Å². The fraction of sp³-hybridized carbons (Fsp3) is 0.360. The fourth-order valence-electron chi connectivity index (χ4n) is 3.41. The van der Waals surface area contributed by atoms with Gasteiger partial charge in [-0.2, -0.15) is 0 Å².